The Kier molecular flexibility index (Phi) is 5.79. The Labute approximate surface area is 139 Å². The molecule has 0 aromatic heterocycles. The van der Waals surface area contributed by atoms with Crippen LogP contribution in [0.15, 0.2) is 18.2 Å². The molecule has 1 saturated carbocycles. The summed E-state index contributed by atoms with van der Waals surface area (Å²) < 4.78 is 10.7. The van der Waals surface area contributed by atoms with E-state index in [0.717, 1.165) is 36.4 Å². The molecule has 1 heterocycles. The Morgan fingerprint density at radius 1 is 1.09 bits per heavy atom. The SMILES string of the molecule is COc1ccc(CCNC2CCCC2C2CCCN2)cc1OC. The Hall–Kier alpha value is -1.26. The predicted molar refractivity (Wildman–Crippen MR) is 93.4 cm³/mol. The molecule has 1 aromatic rings. The molecule has 4 nitrogen and oxygen atoms in total. The molecule has 1 aromatic carbocycles. The number of benzene rings is 1. The molecule has 128 valence electrons. The molecule has 4 heteroatoms. The third-order valence-electron chi connectivity index (χ3n) is 5.45. The highest BCUT2D eigenvalue weighted by Crippen LogP contribution is 2.32. The summed E-state index contributed by atoms with van der Waals surface area (Å²) >= 11 is 0. The van der Waals surface area contributed by atoms with Crippen LogP contribution in [0.25, 0.3) is 0 Å². The lowest BCUT2D eigenvalue weighted by Crippen LogP contribution is -2.42. The van der Waals surface area contributed by atoms with Gasteiger partial charge in [-0.3, -0.25) is 0 Å². The van der Waals surface area contributed by atoms with Crippen LogP contribution < -0.4 is 20.1 Å². The molecule has 2 aliphatic rings. The quantitative estimate of drug-likeness (QED) is 0.811. The maximum absolute atomic E-state index is 5.39. The highest BCUT2D eigenvalue weighted by molar-refractivity contribution is 5.42. The van der Waals surface area contributed by atoms with Crippen LogP contribution in [0, 0.1) is 5.92 Å². The number of nitrogens with one attached hydrogen (secondary N) is 2. The topological polar surface area (TPSA) is 42.5 Å². The summed E-state index contributed by atoms with van der Waals surface area (Å²) in [7, 11) is 3.37. The standard InChI is InChI=1S/C19H30N2O2/c1-22-18-9-8-14(13-19(18)23-2)10-12-21-16-6-3-5-15(16)17-7-4-11-20-17/h8-9,13,15-17,20-21H,3-7,10-12H2,1-2H3. The van der Waals surface area contributed by atoms with Crippen LogP contribution in [0.4, 0.5) is 0 Å². The minimum atomic E-state index is 0.686. The minimum Gasteiger partial charge on any atom is -0.493 e. The molecule has 1 saturated heterocycles. The minimum absolute atomic E-state index is 0.686. The van der Waals surface area contributed by atoms with Gasteiger partial charge in [0.15, 0.2) is 11.5 Å². The van der Waals surface area contributed by atoms with Crippen molar-refractivity contribution in [3.8, 4) is 11.5 Å². The molecule has 0 bridgehead atoms. The van der Waals surface area contributed by atoms with E-state index in [-0.39, 0.29) is 0 Å². The highest BCUT2D eigenvalue weighted by Gasteiger charge is 2.34. The van der Waals surface area contributed by atoms with Crippen LogP contribution in [0.1, 0.15) is 37.7 Å². The fraction of sp³-hybridized carbons (Fsp3) is 0.684. The van der Waals surface area contributed by atoms with Gasteiger partial charge < -0.3 is 20.1 Å². The van der Waals surface area contributed by atoms with E-state index in [9.17, 15) is 0 Å². The van der Waals surface area contributed by atoms with E-state index >= 15 is 0 Å². The number of methoxy groups -OCH3 is 2. The average Bonchev–Trinajstić information content (AvgIpc) is 3.25. The second kappa shape index (κ2) is 8.02. The maximum Gasteiger partial charge on any atom is 0.160 e. The van der Waals surface area contributed by atoms with Crippen molar-refractivity contribution >= 4 is 0 Å². The van der Waals surface area contributed by atoms with Gasteiger partial charge >= 0.3 is 0 Å². The number of ether oxygens (including phenoxy) is 2. The van der Waals surface area contributed by atoms with Gasteiger partial charge in [-0.25, -0.2) is 0 Å². The largest absolute Gasteiger partial charge is 0.493 e. The van der Waals surface area contributed by atoms with E-state index in [1.807, 2.05) is 6.07 Å². The Bertz CT molecular complexity index is 500. The van der Waals surface area contributed by atoms with E-state index in [1.165, 1.54) is 44.2 Å². The van der Waals surface area contributed by atoms with Crippen LogP contribution in [0.5, 0.6) is 11.5 Å². The van der Waals surface area contributed by atoms with Crippen molar-refractivity contribution < 1.29 is 9.47 Å². The molecule has 2 fully saturated rings. The molecule has 3 unspecified atom stereocenters. The van der Waals surface area contributed by atoms with Gasteiger partial charge in [0.05, 0.1) is 14.2 Å². The van der Waals surface area contributed by atoms with Gasteiger partial charge in [-0.2, -0.15) is 0 Å². The summed E-state index contributed by atoms with van der Waals surface area (Å²) in [5.41, 5.74) is 1.30. The Morgan fingerprint density at radius 3 is 2.70 bits per heavy atom. The van der Waals surface area contributed by atoms with E-state index in [4.69, 9.17) is 9.47 Å². The number of rotatable bonds is 7. The zero-order valence-electron chi connectivity index (χ0n) is 14.4. The van der Waals surface area contributed by atoms with Crippen molar-refractivity contribution in [1.29, 1.82) is 0 Å². The summed E-state index contributed by atoms with van der Waals surface area (Å²) in [5.74, 6) is 2.44. The summed E-state index contributed by atoms with van der Waals surface area (Å²) in [6.45, 7) is 2.24. The lowest BCUT2D eigenvalue weighted by atomic mass is 9.93. The Morgan fingerprint density at radius 2 is 1.96 bits per heavy atom. The van der Waals surface area contributed by atoms with Gasteiger partial charge in [0, 0.05) is 12.1 Å². The van der Waals surface area contributed by atoms with Gasteiger partial charge in [-0.1, -0.05) is 12.5 Å². The van der Waals surface area contributed by atoms with Crippen LogP contribution in [-0.2, 0) is 6.42 Å². The third-order valence-corrected chi connectivity index (χ3v) is 5.45. The maximum atomic E-state index is 5.39. The first-order valence-electron chi connectivity index (χ1n) is 8.99. The summed E-state index contributed by atoms with van der Waals surface area (Å²) in [6.07, 6.45) is 7.82. The van der Waals surface area contributed by atoms with E-state index in [1.54, 1.807) is 14.2 Å². The smallest absolute Gasteiger partial charge is 0.160 e. The van der Waals surface area contributed by atoms with Gasteiger partial charge in [-0.15, -0.1) is 0 Å². The Balaban J connectivity index is 1.50. The summed E-state index contributed by atoms with van der Waals surface area (Å²) in [5, 5.41) is 7.51. The van der Waals surface area contributed by atoms with Gasteiger partial charge in [0.1, 0.15) is 0 Å². The monoisotopic (exact) mass is 318 g/mol. The molecular formula is C19H30N2O2. The lowest BCUT2D eigenvalue weighted by molar-refractivity contribution is 0.322. The average molecular weight is 318 g/mol. The van der Waals surface area contributed by atoms with Crippen molar-refractivity contribution in [2.75, 3.05) is 27.3 Å². The van der Waals surface area contributed by atoms with Crippen molar-refractivity contribution in [3.63, 3.8) is 0 Å². The second-order valence-electron chi connectivity index (χ2n) is 6.80. The highest BCUT2D eigenvalue weighted by atomic mass is 16.5. The lowest BCUT2D eigenvalue weighted by Gasteiger charge is -2.26. The molecule has 23 heavy (non-hydrogen) atoms. The van der Waals surface area contributed by atoms with Crippen LogP contribution >= 0.6 is 0 Å². The molecule has 1 aliphatic carbocycles. The first-order chi connectivity index (χ1) is 11.3. The zero-order chi connectivity index (χ0) is 16.1. The normalized spacial score (nSPS) is 27.3. The van der Waals surface area contributed by atoms with Crippen LogP contribution in [0.2, 0.25) is 0 Å². The molecule has 0 radical (unpaired) electrons. The molecule has 3 atom stereocenters. The fourth-order valence-corrected chi connectivity index (χ4v) is 4.24. The first kappa shape index (κ1) is 16.6. The number of hydrogen-bond donors (Lipinski definition) is 2. The van der Waals surface area contributed by atoms with E-state index in [2.05, 4.69) is 22.8 Å². The molecule has 3 rings (SSSR count). The molecule has 0 amide bonds. The molecule has 2 N–H and O–H groups in total. The van der Waals surface area contributed by atoms with Crippen LogP contribution in [0.3, 0.4) is 0 Å². The van der Waals surface area contributed by atoms with Crippen molar-refractivity contribution in [2.45, 2.75) is 50.6 Å². The number of hydrogen-bond acceptors (Lipinski definition) is 4. The first-order valence-corrected chi connectivity index (χ1v) is 8.99. The van der Waals surface area contributed by atoms with Crippen molar-refractivity contribution in [3.05, 3.63) is 23.8 Å². The summed E-state index contributed by atoms with van der Waals surface area (Å²) in [6, 6.07) is 7.65. The zero-order valence-corrected chi connectivity index (χ0v) is 14.4. The molecule has 1 aliphatic heterocycles. The van der Waals surface area contributed by atoms with Gasteiger partial charge in [-0.05, 0) is 68.8 Å². The fourth-order valence-electron chi connectivity index (χ4n) is 4.24. The van der Waals surface area contributed by atoms with Crippen LogP contribution in [-0.4, -0.2) is 39.4 Å². The second-order valence-corrected chi connectivity index (χ2v) is 6.80. The van der Waals surface area contributed by atoms with E-state index < -0.39 is 0 Å². The van der Waals surface area contributed by atoms with Gasteiger partial charge in [0.2, 0.25) is 0 Å². The molecule has 0 spiro atoms. The third kappa shape index (κ3) is 3.99. The predicted octanol–water partition coefficient (Wildman–Crippen LogP) is 2.76. The van der Waals surface area contributed by atoms with E-state index in [0.29, 0.717) is 6.04 Å². The van der Waals surface area contributed by atoms with Crippen molar-refractivity contribution in [1.82, 2.24) is 10.6 Å². The summed E-state index contributed by atoms with van der Waals surface area (Å²) in [4.78, 5) is 0. The van der Waals surface area contributed by atoms with Crippen molar-refractivity contribution in [2.24, 2.45) is 5.92 Å². The van der Waals surface area contributed by atoms with Gasteiger partial charge in [0.25, 0.3) is 0 Å². The molecular weight excluding hydrogens is 288 g/mol.